The van der Waals surface area contributed by atoms with Crippen LogP contribution < -0.4 is 4.72 Å². The zero-order valence-corrected chi connectivity index (χ0v) is 16.6. The molecule has 0 saturated carbocycles. The number of carbonyl (C=O) groups excluding carboxylic acids is 1. The van der Waals surface area contributed by atoms with E-state index in [1.165, 1.54) is 25.3 Å². The second kappa shape index (κ2) is 8.92. The van der Waals surface area contributed by atoms with Crippen LogP contribution >= 0.6 is 34.5 Å². The predicted molar refractivity (Wildman–Crippen MR) is 100 cm³/mol. The summed E-state index contributed by atoms with van der Waals surface area (Å²) >= 11 is 12.3. The Bertz CT molecular complexity index is 878. The number of carbonyl (C=O) groups is 1. The van der Waals surface area contributed by atoms with Crippen molar-refractivity contribution in [1.82, 2.24) is 0 Å². The Morgan fingerprint density at radius 2 is 2.00 bits per heavy atom. The van der Waals surface area contributed by atoms with Gasteiger partial charge in [0.05, 0.1) is 17.3 Å². The maximum atomic E-state index is 12.3. The van der Waals surface area contributed by atoms with Crippen LogP contribution in [0.25, 0.3) is 0 Å². The van der Waals surface area contributed by atoms with Crippen molar-refractivity contribution in [2.45, 2.75) is 10.6 Å². The molecule has 0 unspecified atom stereocenters. The van der Waals surface area contributed by atoms with Gasteiger partial charge in [0.15, 0.2) is 0 Å². The third-order valence-electron chi connectivity index (χ3n) is 3.08. The molecule has 7 nitrogen and oxygen atoms in total. The largest absolute Gasteiger partial charge is 0.507 e. The Balaban J connectivity index is 2.10. The fourth-order valence-corrected chi connectivity index (χ4v) is 4.81. The summed E-state index contributed by atoms with van der Waals surface area (Å²) in [4.78, 5) is 11.9. The average Bonchev–Trinajstić information content (AvgIpc) is 2.91. The van der Waals surface area contributed by atoms with E-state index in [1.807, 2.05) is 0 Å². The maximum absolute atomic E-state index is 12.3. The topological polar surface area (TPSA) is 102 Å². The van der Waals surface area contributed by atoms with E-state index in [0.717, 1.165) is 17.4 Å². The minimum atomic E-state index is -3.93. The molecule has 0 saturated heterocycles. The van der Waals surface area contributed by atoms with Gasteiger partial charge >= 0.3 is 5.97 Å². The summed E-state index contributed by atoms with van der Waals surface area (Å²) in [6.45, 7) is 0.580. The van der Waals surface area contributed by atoms with Crippen LogP contribution in [0, 0.1) is 0 Å². The van der Waals surface area contributed by atoms with E-state index < -0.39 is 21.7 Å². The highest BCUT2D eigenvalue weighted by atomic mass is 35.5. The molecule has 2 rings (SSSR count). The van der Waals surface area contributed by atoms with Crippen LogP contribution in [-0.4, -0.2) is 39.8 Å². The first-order chi connectivity index (χ1) is 12.2. The van der Waals surface area contributed by atoms with Crippen molar-refractivity contribution in [2.75, 3.05) is 25.0 Å². The standard InChI is InChI=1S/C15H15Cl2NO6S2/c1-23-5-2-6-24-15(20)10-4-3-9(7-12(10)19)18-26(21,22)13-8-11(16)14(17)25-13/h3-4,7-8,18-19H,2,5-6H2,1H3. The number of halogens is 2. The molecule has 0 spiro atoms. The third kappa shape index (κ3) is 5.24. The summed E-state index contributed by atoms with van der Waals surface area (Å²) in [5.41, 5.74) is -0.00773. The van der Waals surface area contributed by atoms with Crippen molar-refractivity contribution in [1.29, 1.82) is 0 Å². The monoisotopic (exact) mass is 439 g/mol. The van der Waals surface area contributed by atoms with Crippen LogP contribution in [0.3, 0.4) is 0 Å². The van der Waals surface area contributed by atoms with E-state index in [9.17, 15) is 18.3 Å². The van der Waals surface area contributed by atoms with Gasteiger partial charge in [-0.2, -0.15) is 0 Å². The van der Waals surface area contributed by atoms with E-state index in [-0.39, 0.29) is 31.4 Å². The van der Waals surface area contributed by atoms with Gasteiger partial charge in [-0.1, -0.05) is 23.2 Å². The first-order valence-corrected chi connectivity index (χ1v) is 10.3. The molecule has 26 heavy (non-hydrogen) atoms. The Morgan fingerprint density at radius 1 is 1.27 bits per heavy atom. The van der Waals surface area contributed by atoms with Gasteiger partial charge < -0.3 is 14.6 Å². The molecular weight excluding hydrogens is 425 g/mol. The fraction of sp³-hybridized carbons (Fsp3) is 0.267. The van der Waals surface area contributed by atoms with Gasteiger partial charge in [-0.25, -0.2) is 13.2 Å². The van der Waals surface area contributed by atoms with E-state index in [0.29, 0.717) is 13.0 Å². The molecule has 2 aromatic rings. The lowest BCUT2D eigenvalue weighted by atomic mass is 10.2. The second-order valence-electron chi connectivity index (χ2n) is 5.01. The Labute approximate surface area is 164 Å². The minimum absolute atomic E-state index is 0.0686. The van der Waals surface area contributed by atoms with E-state index in [4.69, 9.17) is 32.7 Å². The van der Waals surface area contributed by atoms with Gasteiger partial charge in [-0.05, 0) is 18.2 Å². The number of rotatable bonds is 8. The lowest BCUT2D eigenvalue weighted by Gasteiger charge is -2.09. The maximum Gasteiger partial charge on any atom is 0.341 e. The van der Waals surface area contributed by atoms with Gasteiger partial charge in [0.1, 0.15) is 19.9 Å². The van der Waals surface area contributed by atoms with Gasteiger partial charge in [-0.15, -0.1) is 11.3 Å². The number of hydrogen-bond donors (Lipinski definition) is 2. The Morgan fingerprint density at radius 3 is 2.58 bits per heavy atom. The number of thiophene rings is 1. The van der Waals surface area contributed by atoms with Gasteiger partial charge in [0.2, 0.25) is 0 Å². The number of ether oxygens (including phenoxy) is 2. The van der Waals surface area contributed by atoms with Crippen LogP contribution in [0.4, 0.5) is 5.69 Å². The highest BCUT2D eigenvalue weighted by Gasteiger charge is 2.20. The number of sulfonamides is 1. The van der Waals surface area contributed by atoms with Crippen LogP contribution in [0.5, 0.6) is 5.75 Å². The van der Waals surface area contributed by atoms with Crippen molar-refractivity contribution in [3.8, 4) is 5.75 Å². The van der Waals surface area contributed by atoms with Gasteiger partial charge in [0.25, 0.3) is 10.0 Å². The van der Waals surface area contributed by atoms with Crippen LogP contribution in [0.2, 0.25) is 9.36 Å². The molecule has 0 aliphatic rings. The number of hydrogen-bond acceptors (Lipinski definition) is 7. The van der Waals surface area contributed by atoms with Crippen LogP contribution in [0.15, 0.2) is 28.5 Å². The Hall–Kier alpha value is -1.52. The van der Waals surface area contributed by atoms with E-state index in [2.05, 4.69) is 4.72 Å². The number of aromatic hydroxyl groups is 1. The molecule has 11 heteroatoms. The summed E-state index contributed by atoms with van der Waals surface area (Å²) in [5.74, 6) is -1.13. The molecule has 1 aromatic heterocycles. The molecule has 0 amide bonds. The highest BCUT2D eigenvalue weighted by molar-refractivity contribution is 7.94. The van der Waals surface area contributed by atoms with Crippen LogP contribution in [-0.2, 0) is 19.5 Å². The predicted octanol–water partition coefficient (Wildman–Crippen LogP) is 3.75. The van der Waals surface area contributed by atoms with E-state index >= 15 is 0 Å². The second-order valence-corrected chi connectivity index (χ2v) is 8.98. The summed E-state index contributed by atoms with van der Waals surface area (Å²) in [5, 5.41) is 10.1. The third-order valence-corrected chi connectivity index (χ3v) is 6.80. The summed E-state index contributed by atoms with van der Waals surface area (Å²) in [7, 11) is -2.39. The molecule has 1 aromatic carbocycles. The number of nitrogens with one attached hydrogen (secondary N) is 1. The molecular formula is C15H15Cl2NO6S2. The summed E-state index contributed by atoms with van der Waals surface area (Å²) in [6, 6.07) is 4.93. The van der Waals surface area contributed by atoms with Crippen molar-refractivity contribution in [2.24, 2.45) is 0 Å². The van der Waals surface area contributed by atoms with Crippen molar-refractivity contribution in [3.05, 3.63) is 39.2 Å². The first kappa shape index (κ1) is 20.8. The fourth-order valence-electron chi connectivity index (χ4n) is 1.88. The molecule has 0 fully saturated rings. The minimum Gasteiger partial charge on any atom is -0.507 e. The number of esters is 1. The zero-order chi connectivity index (χ0) is 19.3. The average molecular weight is 440 g/mol. The molecule has 0 radical (unpaired) electrons. The summed E-state index contributed by atoms with van der Waals surface area (Å²) in [6.07, 6.45) is 0.521. The number of phenolic OH excluding ortho intramolecular Hbond substituents is 1. The SMILES string of the molecule is COCCCOC(=O)c1ccc(NS(=O)(=O)c2cc(Cl)c(Cl)s2)cc1O. The molecule has 0 aliphatic heterocycles. The highest BCUT2D eigenvalue weighted by Crippen LogP contribution is 2.35. The Kier molecular flexibility index (Phi) is 7.13. The normalized spacial score (nSPS) is 11.3. The van der Waals surface area contributed by atoms with Gasteiger partial charge in [-0.3, -0.25) is 4.72 Å². The van der Waals surface area contributed by atoms with E-state index in [1.54, 1.807) is 0 Å². The smallest absolute Gasteiger partial charge is 0.341 e. The molecule has 2 N–H and O–H groups in total. The lowest BCUT2D eigenvalue weighted by Crippen LogP contribution is -2.12. The summed E-state index contributed by atoms with van der Waals surface area (Å²) < 4.78 is 36.8. The number of methoxy groups -OCH3 is 1. The quantitative estimate of drug-likeness (QED) is 0.479. The molecule has 0 aliphatic carbocycles. The van der Waals surface area contributed by atoms with Crippen molar-refractivity contribution >= 4 is 56.2 Å². The van der Waals surface area contributed by atoms with Crippen molar-refractivity contribution < 1.29 is 27.8 Å². The number of benzene rings is 1. The zero-order valence-electron chi connectivity index (χ0n) is 13.5. The molecule has 1 heterocycles. The number of phenols is 1. The molecule has 142 valence electrons. The van der Waals surface area contributed by atoms with Crippen molar-refractivity contribution in [3.63, 3.8) is 0 Å². The number of anilines is 1. The first-order valence-electron chi connectivity index (χ1n) is 7.21. The van der Waals surface area contributed by atoms with Gasteiger partial charge in [0, 0.05) is 26.2 Å². The van der Waals surface area contributed by atoms with Crippen LogP contribution in [0.1, 0.15) is 16.8 Å². The lowest BCUT2D eigenvalue weighted by molar-refractivity contribution is 0.0465. The molecule has 0 atom stereocenters. The molecule has 0 bridgehead atoms.